The van der Waals surface area contributed by atoms with Crippen molar-refractivity contribution >= 4 is 29.1 Å². The second-order valence-corrected chi connectivity index (χ2v) is 5.74. The molecular weight excluding hydrogens is 312 g/mol. The van der Waals surface area contributed by atoms with Crippen LogP contribution in [0.25, 0.3) is 0 Å². The number of benzene rings is 1. The molecule has 3 amide bonds. The summed E-state index contributed by atoms with van der Waals surface area (Å²) in [6, 6.07) is 5.43. The van der Waals surface area contributed by atoms with Crippen LogP contribution < -0.4 is 20.4 Å². The lowest BCUT2D eigenvalue weighted by Crippen LogP contribution is -2.42. The Labute approximate surface area is 138 Å². The molecule has 3 rings (SSSR count). The lowest BCUT2D eigenvalue weighted by atomic mass is 10.1. The third kappa shape index (κ3) is 3.08. The minimum atomic E-state index is -0.507. The van der Waals surface area contributed by atoms with E-state index >= 15 is 0 Å². The van der Waals surface area contributed by atoms with Crippen LogP contribution >= 0.6 is 0 Å². The van der Waals surface area contributed by atoms with Crippen LogP contribution in [-0.2, 0) is 20.9 Å². The van der Waals surface area contributed by atoms with E-state index in [1.807, 2.05) is 12.1 Å². The van der Waals surface area contributed by atoms with Crippen LogP contribution in [0.5, 0.6) is 5.75 Å². The van der Waals surface area contributed by atoms with E-state index in [4.69, 9.17) is 4.74 Å². The average Bonchev–Trinajstić information content (AvgIpc) is 2.58. The number of hydrogen-bond acceptors (Lipinski definition) is 5. The van der Waals surface area contributed by atoms with Crippen LogP contribution in [-0.4, -0.2) is 36.6 Å². The predicted molar refractivity (Wildman–Crippen MR) is 86.6 cm³/mol. The van der Waals surface area contributed by atoms with Gasteiger partial charge in [-0.25, -0.2) is 5.43 Å². The van der Waals surface area contributed by atoms with Gasteiger partial charge in [0.05, 0.1) is 5.69 Å². The molecule has 2 heterocycles. The monoisotopic (exact) mass is 330 g/mol. The molecule has 1 aromatic carbocycles. The maximum atomic E-state index is 12.0. The first-order valence-corrected chi connectivity index (χ1v) is 7.66. The number of nitrogens with zero attached hydrogens (tertiary/aromatic N) is 2. The van der Waals surface area contributed by atoms with Crippen LogP contribution in [0.2, 0.25) is 0 Å². The van der Waals surface area contributed by atoms with Crippen molar-refractivity contribution < 1.29 is 19.1 Å². The smallest absolute Gasteiger partial charge is 0.267 e. The SMILES string of the molecule is CC1Oc2ccc(CNC(=O)C3=NNC(=O)CC3)cc2N(C)C1=O. The number of carbonyl (C=O) groups excluding carboxylic acids is 3. The summed E-state index contributed by atoms with van der Waals surface area (Å²) in [5.41, 5.74) is 4.10. The molecule has 0 fully saturated rings. The van der Waals surface area contributed by atoms with Gasteiger partial charge in [-0.3, -0.25) is 14.4 Å². The number of ether oxygens (including phenoxy) is 1. The normalized spacial score (nSPS) is 19.8. The lowest BCUT2D eigenvalue weighted by molar-refractivity contribution is -0.125. The highest BCUT2D eigenvalue weighted by molar-refractivity contribution is 6.39. The van der Waals surface area contributed by atoms with Crippen LogP contribution in [0.3, 0.4) is 0 Å². The number of anilines is 1. The number of hydrazone groups is 1. The molecule has 0 aliphatic carbocycles. The van der Waals surface area contributed by atoms with Gasteiger partial charge in [0.25, 0.3) is 11.8 Å². The third-order valence-corrected chi connectivity index (χ3v) is 3.99. The lowest BCUT2D eigenvalue weighted by Gasteiger charge is -2.30. The molecule has 0 radical (unpaired) electrons. The molecule has 8 nitrogen and oxygen atoms in total. The molecule has 0 aromatic heterocycles. The first kappa shape index (κ1) is 16.0. The van der Waals surface area contributed by atoms with E-state index in [-0.39, 0.29) is 30.7 Å². The average molecular weight is 330 g/mol. The van der Waals surface area contributed by atoms with E-state index in [1.54, 1.807) is 24.9 Å². The van der Waals surface area contributed by atoms with Gasteiger partial charge in [-0.2, -0.15) is 5.10 Å². The van der Waals surface area contributed by atoms with Crippen LogP contribution in [0.4, 0.5) is 5.69 Å². The number of likely N-dealkylation sites (N-methyl/N-ethyl adjacent to an activating group) is 1. The van der Waals surface area contributed by atoms with Crippen molar-refractivity contribution in [2.75, 3.05) is 11.9 Å². The van der Waals surface area contributed by atoms with Gasteiger partial charge in [0, 0.05) is 26.4 Å². The maximum absolute atomic E-state index is 12.0. The summed E-state index contributed by atoms with van der Waals surface area (Å²) in [4.78, 5) is 36.6. The number of fused-ring (bicyclic) bond motifs is 1. The highest BCUT2D eigenvalue weighted by Gasteiger charge is 2.29. The van der Waals surface area contributed by atoms with Crippen molar-refractivity contribution in [2.24, 2.45) is 5.10 Å². The van der Waals surface area contributed by atoms with Crippen molar-refractivity contribution in [3.63, 3.8) is 0 Å². The molecule has 1 unspecified atom stereocenters. The molecule has 126 valence electrons. The van der Waals surface area contributed by atoms with Gasteiger partial charge < -0.3 is 15.0 Å². The molecule has 2 N–H and O–H groups in total. The van der Waals surface area contributed by atoms with Gasteiger partial charge in [-0.1, -0.05) is 6.07 Å². The summed E-state index contributed by atoms with van der Waals surface area (Å²) in [5, 5.41) is 6.52. The van der Waals surface area contributed by atoms with Crippen molar-refractivity contribution in [3.05, 3.63) is 23.8 Å². The van der Waals surface area contributed by atoms with E-state index < -0.39 is 6.10 Å². The molecule has 8 heteroatoms. The number of hydrogen-bond donors (Lipinski definition) is 2. The van der Waals surface area contributed by atoms with Crippen LogP contribution in [0.15, 0.2) is 23.3 Å². The van der Waals surface area contributed by atoms with Gasteiger partial charge in [-0.15, -0.1) is 0 Å². The largest absolute Gasteiger partial charge is 0.479 e. The zero-order valence-corrected chi connectivity index (χ0v) is 13.5. The van der Waals surface area contributed by atoms with Gasteiger partial charge in [0.2, 0.25) is 5.91 Å². The summed E-state index contributed by atoms with van der Waals surface area (Å²) in [5.74, 6) is 0.0141. The van der Waals surface area contributed by atoms with Crippen molar-refractivity contribution in [1.29, 1.82) is 0 Å². The van der Waals surface area contributed by atoms with Crippen molar-refractivity contribution in [1.82, 2.24) is 10.7 Å². The third-order valence-electron chi connectivity index (χ3n) is 3.99. The molecule has 2 aliphatic heterocycles. The number of carbonyl (C=O) groups is 3. The summed E-state index contributed by atoms with van der Waals surface area (Å²) in [6.07, 6.45) is 0.0748. The predicted octanol–water partition coefficient (Wildman–Crippen LogP) is 0.312. The van der Waals surface area contributed by atoms with E-state index in [9.17, 15) is 14.4 Å². The Morgan fingerprint density at radius 3 is 2.92 bits per heavy atom. The molecule has 1 atom stereocenters. The van der Waals surface area contributed by atoms with Gasteiger partial charge >= 0.3 is 0 Å². The fraction of sp³-hybridized carbons (Fsp3) is 0.375. The summed E-state index contributed by atoms with van der Waals surface area (Å²) in [6.45, 7) is 2.00. The van der Waals surface area contributed by atoms with Gasteiger partial charge in [0.1, 0.15) is 11.5 Å². The Balaban J connectivity index is 1.68. The fourth-order valence-electron chi connectivity index (χ4n) is 2.59. The Bertz CT molecular complexity index is 744. The molecule has 0 spiro atoms. The minimum absolute atomic E-state index is 0.115. The molecule has 0 saturated heterocycles. The first-order valence-electron chi connectivity index (χ1n) is 7.66. The van der Waals surface area contributed by atoms with Crippen molar-refractivity contribution in [3.8, 4) is 5.75 Å². The fourth-order valence-corrected chi connectivity index (χ4v) is 2.59. The minimum Gasteiger partial charge on any atom is -0.479 e. The van der Waals surface area contributed by atoms with E-state index in [2.05, 4.69) is 15.8 Å². The Hall–Kier alpha value is -2.90. The second-order valence-electron chi connectivity index (χ2n) is 5.74. The molecular formula is C16H18N4O4. The molecule has 24 heavy (non-hydrogen) atoms. The van der Waals surface area contributed by atoms with Crippen LogP contribution in [0, 0.1) is 0 Å². The summed E-state index contributed by atoms with van der Waals surface area (Å²) >= 11 is 0. The maximum Gasteiger partial charge on any atom is 0.267 e. The summed E-state index contributed by atoms with van der Waals surface area (Å²) in [7, 11) is 1.70. The van der Waals surface area contributed by atoms with E-state index in [0.717, 1.165) is 5.56 Å². The number of nitrogens with one attached hydrogen (secondary N) is 2. The first-order chi connectivity index (χ1) is 11.5. The van der Waals surface area contributed by atoms with Crippen LogP contribution in [0.1, 0.15) is 25.3 Å². The zero-order chi connectivity index (χ0) is 17.3. The topological polar surface area (TPSA) is 100 Å². The Morgan fingerprint density at radius 1 is 1.42 bits per heavy atom. The summed E-state index contributed by atoms with van der Waals surface area (Å²) < 4.78 is 5.56. The Morgan fingerprint density at radius 2 is 2.21 bits per heavy atom. The Kier molecular flexibility index (Phi) is 4.20. The van der Waals surface area contributed by atoms with Crippen molar-refractivity contribution in [2.45, 2.75) is 32.4 Å². The number of rotatable bonds is 3. The van der Waals surface area contributed by atoms with Gasteiger partial charge in [0.15, 0.2) is 6.10 Å². The highest BCUT2D eigenvalue weighted by Crippen LogP contribution is 2.33. The molecule has 0 bridgehead atoms. The quantitative estimate of drug-likeness (QED) is 0.833. The number of amides is 3. The standard InChI is InChI=1S/C16H18N4O4/c1-9-16(23)20(2)12-7-10(3-5-13(12)24-9)8-17-15(22)11-4-6-14(21)19-18-11/h3,5,7,9H,4,6,8H2,1-2H3,(H,17,22)(H,19,21). The van der Waals surface area contributed by atoms with E-state index in [0.29, 0.717) is 23.6 Å². The van der Waals surface area contributed by atoms with Gasteiger partial charge in [-0.05, 0) is 24.6 Å². The highest BCUT2D eigenvalue weighted by atomic mass is 16.5. The molecule has 1 aromatic rings. The molecule has 0 saturated carbocycles. The second kappa shape index (κ2) is 6.31. The van der Waals surface area contributed by atoms with E-state index in [1.165, 1.54) is 0 Å². The zero-order valence-electron chi connectivity index (χ0n) is 13.5. The molecule has 2 aliphatic rings.